The highest BCUT2D eigenvalue weighted by atomic mass is 14.1. The maximum Gasteiger partial charge on any atom is 0.0127 e. The van der Waals surface area contributed by atoms with Crippen molar-refractivity contribution in [1.82, 2.24) is 0 Å². The number of hydrogen-bond acceptors (Lipinski definition) is 0. The first-order valence-electron chi connectivity index (χ1n) is 4.65. The molecule has 0 aliphatic heterocycles. The highest BCUT2D eigenvalue weighted by molar-refractivity contribution is 5.37. The predicted molar refractivity (Wildman–Crippen MR) is 57.8 cm³/mol. The van der Waals surface area contributed by atoms with Crippen molar-refractivity contribution in [1.29, 1.82) is 0 Å². The molecule has 0 saturated carbocycles. The smallest absolute Gasteiger partial charge is 0.0127 e. The van der Waals surface area contributed by atoms with E-state index in [0.717, 1.165) is 12.8 Å². The lowest BCUT2D eigenvalue weighted by Crippen LogP contribution is -1.94. The minimum atomic E-state index is 0.838. The molecule has 0 N–H and O–H groups in total. The average molecular weight is 172 g/mol. The molecule has 13 heavy (non-hydrogen) atoms. The zero-order chi connectivity index (χ0) is 9.84. The first-order chi connectivity index (χ1) is 6.15. The summed E-state index contributed by atoms with van der Waals surface area (Å²) in [5.74, 6) is 2.69. The van der Waals surface area contributed by atoms with Gasteiger partial charge in [-0.25, -0.2) is 0 Å². The van der Waals surface area contributed by atoms with Gasteiger partial charge in [-0.3, -0.25) is 0 Å². The first-order valence-corrected chi connectivity index (χ1v) is 4.65. The van der Waals surface area contributed by atoms with Gasteiger partial charge in [-0.2, -0.15) is 0 Å². The van der Waals surface area contributed by atoms with E-state index in [0.29, 0.717) is 0 Å². The van der Waals surface area contributed by atoms with Gasteiger partial charge in [0.05, 0.1) is 0 Å². The van der Waals surface area contributed by atoms with Gasteiger partial charge in [-0.15, -0.1) is 12.3 Å². The summed E-state index contributed by atoms with van der Waals surface area (Å²) in [4.78, 5) is 0. The lowest BCUT2D eigenvalue weighted by atomic mass is 9.96. The van der Waals surface area contributed by atoms with Crippen LogP contribution in [-0.4, -0.2) is 0 Å². The van der Waals surface area contributed by atoms with Crippen LogP contribution in [0.5, 0.6) is 0 Å². The van der Waals surface area contributed by atoms with Gasteiger partial charge >= 0.3 is 0 Å². The molecule has 1 aromatic carbocycles. The fourth-order valence-electron chi connectivity index (χ4n) is 1.80. The summed E-state index contributed by atoms with van der Waals surface area (Å²) in [5, 5.41) is 0. The first kappa shape index (κ1) is 9.86. The van der Waals surface area contributed by atoms with E-state index in [2.05, 4.69) is 38.8 Å². The Morgan fingerprint density at radius 2 is 1.69 bits per heavy atom. The largest absolute Gasteiger partial charge is 0.120 e. The van der Waals surface area contributed by atoms with E-state index < -0.39 is 0 Å². The lowest BCUT2D eigenvalue weighted by molar-refractivity contribution is 0.992. The Morgan fingerprint density at radius 3 is 2.15 bits per heavy atom. The van der Waals surface area contributed by atoms with Gasteiger partial charge in [0.15, 0.2) is 0 Å². The summed E-state index contributed by atoms with van der Waals surface area (Å²) in [5.41, 5.74) is 5.49. The zero-order valence-corrected chi connectivity index (χ0v) is 8.65. The number of benzene rings is 1. The predicted octanol–water partition coefficient (Wildman–Crippen LogP) is 3.18. The summed E-state index contributed by atoms with van der Waals surface area (Å²) < 4.78 is 0. The Kier molecular flexibility index (Phi) is 3.14. The van der Waals surface area contributed by atoms with E-state index in [1.165, 1.54) is 22.3 Å². The van der Waals surface area contributed by atoms with Gasteiger partial charge in [0.1, 0.15) is 0 Å². The lowest BCUT2D eigenvalue weighted by Gasteiger charge is -2.09. The molecule has 0 saturated heterocycles. The Hall–Kier alpha value is -1.22. The van der Waals surface area contributed by atoms with Crippen molar-refractivity contribution >= 4 is 0 Å². The van der Waals surface area contributed by atoms with E-state index >= 15 is 0 Å². The standard InChI is InChI=1S/C13H16/c1-5-6-7-13-11(3)8-10(2)9-12(13)4/h1,8-9H,6-7H2,2-4H3. The molecule has 68 valence electrons. The third-order valence-electron chi connectivity index (χ3n) is 2.36. The Morgan fingerprint density at radius 1 is 1.15 bits per heavy atom. The van der Waals surface area contributed by atoms with Gasteiger partial charge in [0.2, 0.25) is 0 Å². The van der Waals surface area contributed by atoms with Crippen LogP contribution in [0.15, 0.2) is 12.1 Å². The molecule has 0 aromatic heterocycles. The van der Waals surface area contributed by atoms with E-state index in [4.69, 9.17) is 6.42 Å². The Labute approximate surface area is 81.0 Å². The molecular weight excluding hydrogens is 156 g/mol. The average Bonchev–Trinajstić information content (AvgIpc) is 2.02. The maximum atomic E-state index is 5.26. The van der Waals surface area contributed by atoms with Gasteiger partial charge in [-0.1, -0.05) is 17.7 Å². The van der Waals surface area contributed by atoms with Crippen LogP contribution >= 0.6 is 0 Å². The highest BCUT2D eigenvalue weighted by Gasteiger charge is 2.02. The second-order valence-corrected chi connectivity index (χ2v) is 3.58. The van der Waals surface area contributed by atoms with Crippen molar-refractivity contribution in [2.24, 2.45) is 0 Å². The highest BCUT2D eigenvalue weighted by Crippen LogP contribution is 2.17. The van der Waals surface area contributed by atoms with E-state index in [9.17, 15) is 0 Å². The summed E-state index contributed by atoms with van der Waals surface area (Å²) in [6.45, 7) is 6.45. The molecule has 0 bridgehead atoms. The molecular formula is C13H16. The molecule has 0 aliphatic carbocycles. The molecule has 0 atom stereocenters. The van der Waals surface area contributed by atoms with Gasteiger partial charge in [0.25, 0.3) is 0 Å². The van der Waals surface area contributed by atoms with E-state index in [1.54, 1.807) is 0 Å². The zero-order valence-electron chi connectivity index (χ0n) is 8.65. The van der Waals surface area contributed by atoms with Crippen LogP contribution < -0.4 is 0 Å². The third-order valence-corrected chi connectivity index (χ3v) is 2.36. The molecule has 0 amide bonds. The number of aryl methyl sites for hydroxylation is 3. The molecule has 0 nitrogen and oxygen atoms in total. The molecule has 0 fully saturated rings. The van der Waals surface area contributed by atoms with Crippen molar-refractivity contribution < 1.29 is 0 Å². The third kappa shape index (κ3) is 2.36. The van der Waals surface area contributed by atoms with Crippen LogP contribution in [0.3, 0.4) is 0 Å². The maximum absolute atomic E-state index is 5.26. The summed E-state index contributed by atoms with van der Waals surface area (Å²) in [6.07, 6.45) is 7.10. The van der Waals surface area contributed by atoms with E-state index in [1.807, 2.05) is 0 Å². The van der Waals surface area contributed by atoms with Crippen LogP contribution in [0.25, 0.3) is 0 Å². The Balaban J connectivity index is 3.00. The van der Waals surface area contributed by atoms with Crippen LogP contribution in [0.2, 0.25) is 0 Å². The molecule has 1 rings (SSSR count). The SMILES string of the molecule is C#CCCc1c(C)cc(C)cc1C. The van der Waals surface area contributed by atoms with Crippen molar-refractivity contribution in [2.45, 2.75) is 33.6 Å². The number of terminal acetylenes is 1. The monoisotopic (exact) mass is 172 g/mol. The molecule has 1 aromatic rings. The van der Waals surface area contributed by atoms with Crippen molar-refractivity contribution in [3.05, 3.63) is 34.4 Å². The normalized spacial score (nSPS) is 9.69. The molecule has 0 radical (unpaired) electrons. The van der Waals surface area contributed by atoms with Crippen LogP contribution in [0.1, 0.15) is 28.7 Å². The second-order valence-electron chi connectivity index (χ2n) is 3.58. The number of hydrogen-bond donors (Lipinski definition) is 0. The molecule has 0 spiro atoms. The quantitative estimate of drug-likeness (QED) is 0.601. The summed E-state index contributed by atoms with van der Waals surface area (Å²) >= 11 is 0. The topological polar surface area (TPSA) is 0 Å². The van der Waals surface area contributed by atoms with Gasteiger partial charge < -0.3 is 0 Å². The van der Waals surface area contributed by atoms with E-state index in [-0.39, 0.29) is 0 Å². The van der Waals surface area contributed by atoms with Gasteiger partial charge in [0, 0.05) is 6.42 Å². The fourth-order valence-corrected chi connectivity index (χ4v) is 1.80. The van der Waals surface area contributed by atoms with Crippen LogP contribution in [0, 0.1) is 33.1 Å². The minimum Gasteiger partial charge on any atom is -0.120 e. The van der Waals surface area contributed by atoms with Crippen LogP contribution in [-0.2, 0) is 6.42 Å². The fraction of sp³-hybridized carbons (Fsp3) is 0.385. The molecule has 0 aliphatic rings. The van der Waals surface area contributed by atoms with Crippen molar-refractivity contribution in [3.8, 4) is 12.3 Å². The molecule has 0 heterocycles. The summed E-state index contributed by atoms with van der Waals surface area (Å²) in [6, 6.07) is 4.44. The molecule has 0 heteroatoms. The Bertz CT molecular complexity index is 317. The minimum absolute atomic E-state index is 0.838. The van der Waals surface area contributed by atoms with Gasteiger partial charge in [-0.05, 0) is 43.9 Å². The second kappa shape index (κ2) is 4.14. The van der Waals surface area contributed by atoms with Crippen molar-refractivity contribution in [2.75, 3.05) is 0 Å². The number of rotatable bonds is 2. The molecule has 0 unspecified atom stereocenters. The van der Waals surface area contributed by atoms with Crippen molar-refractivity contribution in [3.63, 3.8) is 0 Å². The van der Waals surface area contributed by atoms with Crippen LogP contribution in [0.4, 0.5) is 0 Å². The summed E-state index contributed by atoms with van der Waals surface area (Å²) in [7, 11) is 0.